The van der Waals surface area contributed by atoms with Crippen molar-refractivity contribution in [3.8, 4) is 0 Å². The zero-order valence-electron chi connectivity index (χ0n) is 10.6. The van der Waals surface area contributed by atoms with Gasteiger partial charge in [-0.25, -0.2) is 13.1 Å². The van der Waals surface area contributed by atoms with Gasteiger partial charge in [-0.1, -0.05) is 6.92 Å². The van der Waals surface area contributed by atoms with Crippen LogP contribution in [0.5, 0.6) is 0 Å². The summed E-state index contributed by atoms with van der Waals surface area (Å²) in [4.78, 5) is 3.03. The van der Waals surface area contributed by atoms with Gasteiger partial charge >= 0.3 is 0 Å². The molecular formula is C12H17N3O3S. The number of aromatic amines is 1. The molecule has 0 fully saturated rings. The Labute approximate surface area is 111 Å². The summed E-state index contributed by atoms with van der Waals surface area (Å²) < 4.78 is 26.7. The molecule has 2 rings (SSSR count). The van der Waals surface area contributed by atoms with Gasteiger partial charge < -0.3 is 15.8 Å². The molecule has 0 aliphatic carbocycles. The van der Waals surface area contributed by atoms with Gasteiger partial charge in [-0.3, -0.25) is 0 Å². The number of sulfonamides is 1. The summed E-state index contributed by atoms with van der Waals surface area (Å²) in [7, 11) is -3.64. The van der Waals surface area contributed by atoms with E-state index in [9.17, 15) is 13.5 Å². The summed E-state index contributed by atoms with van der Waals surface area (Å²) in [5.41, 5.74) is 6.87. The van der Waals surface area contributed by atoms with Crippen molar-refractivity contribution in [1.29, 1.82) is 0 Å². The van der Waals surface area contributed by atoms with Gasteiger partial charge in [0.15, 0.2) is 0 Å². The van der Waals surface area contributed by atoms with Crippen LogP contribution in [0.25, 0.3) is 10.9 Å². The number of nitrogens with one attached hydrogen (secondary N) is 2. The van der Waals surface area contributed by atoms with Crippen molar-refractivity contribution in [2.45, 2.75) is 24.3 Å². The second-order valence-corrected chi connectivity index (χ2v) is 6.11. The average Bonchev–Trinajstić information content (AvgIpc) is 2.79. The molecule has 1 aromatic heterocycles. The van der Waals surface area contributed by atoms with Crippen LogP contribution >= 0.6 is 0 Å². The maximum absolute atomic E-state index is 12.1. The van der Waals surface area contributed by atoms with Crippen LogP contribution < -0.4 is 10.5 Å². The topological polar surface area (TPSA) is 108 Å². The molecule has 1 atom stereocenters. The number of nitrogens with two attached hydrogens (primary N) is 1. The van der Waals surface area contributed by atoms with E-state index in [0.29, 0.717) is 23.0 Å². The molecule has 0 saturated heterocycles. The predicted molar refractivity (Wildman–Crippen MR) is 74.2 cm³/mol. The number of anilines is 1. The number of rotatable bonds is 5. The van der Waals surface area contributed by atoms with E-state index in [4.69, 9.17) is 5.73 Å². The van der Waals surface area contributed by atoms with Crippen LogP contribution in [0.3, 0.4) is 0 Å². The van der Waals surface area contributed by atoms with E-state index in [1.54, 1.807) is 25.1 Å². The lowest BCUT2D eigenvalue weighted by Crippen LogP contribution is -2.31. The molecule has 1 heterocycles. The molecular weight excluding hydrogens is 266 g/mol. The predicted octanol–water partition coefficient (Wildman–Crippen LogP) is 0.799. The highest BCUT2D eigenvalue weighted by molar-refractivity contribution is 7.89. The number of H-pyrrole nitrogens is 1. The molecule has 1 aromatic carbocycles. The van der Waals surface area contributed by atoms with Gasteiger partial charge in [0.05, 0.1) is 6.10 Å². The van der Waals surface area contributed by atoms with Crippen LogP contribution in [0.15, 0.2) is 29.3 Å². The molecule has 0 aliphatic rings. The Balaban J connectivity index is 2.33. The van der Waals surface area contributed by atoms with Gasteiger partial charge in [-0.05, 0) is 24.6 Å². The molecule has 104 valence electrons. The molecule has 0 aliphatic heterocycles. The number of fused-ring (bicyclic) bond motifs is 1. The van der Waals surface area contributed by atoms with Crippen molar-refractivity contribution >= 4 is 26.6 Å². The number of benzene rings is 1. The first-order chi connectivity index (χ1) is 8.94. The first kappa shape index (κ1) is 13.9. The lowest BCUT2D eigenvalue weighted by molar-refractivity contribution is 0.174. The monoisotopic (exact) mass is 283 g/mol. The fourth-order valence-corrected chi connectivity index (χ4v) is 3.02. The Morgan fingerprint density at radius 1 is 1.47 bits per heavy atom. The molecule has 19 heavy (non-hydrogen) atoms. The molecule has 2 aromatic rings. The highest BCUT2D eigenvalue weighted by atomic mass is 32.2. The number of aromatic nitrogens is 1. The van der Waals surface area contributed by atoms with Crippen LogP contribution in [0.1, 0.15) is 13.3 Å². The maximum Gasteiger partial charge on any atom is 0.242 e. The third kappa shape index (κ3) is 2.89. The van der Waals surface area contributed by atoms with E-state index in [-0.39, 0.29) is 11.4 Å². The number of aliphatic hydroxyl groups is 1. The van der Waals surface area contributed by atoms with Gasteiger partial charge in [0.1, 0.15) is 4.90 Å². The molecule has 7 heteroatoms. The van der Waals surface area contributed by atoms with Gasteiger partial charge in [-0.15, -0.1) is 0 Å². The minimum atomic E-state index is -3.64. The van der Waals surface area contributed by atoms with Crippen molar-refractivity contribution < 1.29 is 13.5 Å². The molecule has 6 nitrogen and oxygen atoms in total. The minimum Gasteiger partial charge on any atom is -0.399 e. The van der Waals surface area contributed by atoms with Gasteiger partial charge in [0.2, 0.25) is 10.0 Å². The quantitative estimate of drug-likeness (QED) is 0.609. The minimum absolute atomic E-state index is 0.000475. The molecule has 0 radical (unpaired) electrons. The fraction of sp³-hybridized carbons (Fsp3) is 0.333. The molecule has 0 amide bonds. The van der Waals surface area contributed by atoms with Crippen LogP contribution in [0, 0.1) is 0 Å². The summed E-state index contributed by atoms with van der Waals surface area (Å²) in [6.07, 6.45) is 1.23. The molecule has 0 spiro atoms. The van der Waals surface area contributed by atoms with Crippen LogP contribution in [0.2, 0.25) is 0 Å². The largest absolute Gasteiger partial charge is 0.399 e. The molecule has 0 bridgehead atoms. The Bertz CT molecular complexity index is 679. The SMILES string of the molecule is CCC(O)CNS(=O)(=O)c1c[nH]c2cc(N)ccc12. The van der Waals surface area contributed by atoms with E-state index in [1.807, 2.05) is 0 Å². The van der Waals surface area contributed by atoms with Gasteiger partial charge in [0, 0.05) is 29.3 Å². The van der Waals surface area contributed by atoms with E-state index >= 15 is 0 Å². The average molecular weight is 283 g/mol. The van der Waals surface area contributed by atoms with Crippen molar-refractivity contribution in [1.82, 2.24) is 9.71 Å². The van der Waals surface area contributed by atoms with E-state index in [2.05, 4.69) is 9.71 Å². The first-order valence-electron chi connectivity index (χ1n) is 5.98. The van der Waals surface area contributed by atoms with Crippen molar-refractivity contribution in [3.63, 3.8) is 0 Å². The summed E-state index contributed by atoms with van der Waals surface area (Å²) >= 11 is 0. The number of aliphatic hydroxyl groups excluding tert-OH is 1. The molecule has 0 saturated carbocycles. The lowest BCUT2D eigenvalue weighted by atomic mass is 10.2. The van der Waals surface area contributed by atoms with Crippen LogP contribution in [-0.4, -0.2) is 31.2 Å². The van der Waals surface area contributed by atoms with Crippen molar-refractivity contribution in [3.05, 3.63) is 24.4 Å². The molecule has 5 N–H and O–H groups in total. The second-order valence-electron chi connectivity index (χ2n) is 4.37. The van der Waals surface area contributed by atoms with E-state index in [0.717, 1.165) is 0 Å². The van der Waals surface area contributed by atoms with Crippen molar-refractivity contribution in [2.75, 3.05) is 12.3 Å². The summed E-state index contributed by atoms with van der Waals surface area (Å²) in [5.74, 6) is 0. The number of hydrogen-bond acceptors (Lipinski definition) is 4. The Morgan fingerprint density at radius 3 is 2.89 bits per heavy atom. The third-order valence-electron chi connectivity index (χ3n) is 2.94. The zero-order valence-corrected chi connectivity index (χ0v) is 11.4. The lowest BCUT2D eigenvalue weighted by Gasteiger charge is -2.09. The van der Waals surface area contributed by atoms with Gasteiger partial charge in [0.25, 0.3) is 0 Å². The standard InChI is InChI=1S/C12H17N3O3S/c1-2-9(16)6-15-19(17,18)12-7-14-11-5-8(13)3-4-10(11)12/h3-5,7,9,14-16H,2,6,13H2,1H3. The van der Waals surface area contributed by atoms with Crippen molar-refractivity contribution in [2.24, 2.45) is 0 Å². The highest BCUT2D eigenvalue weighted by Crippen LogP contribution is 2.24. The Kier molecular flexibility index (Phi) is 3.79. The normalized spacial score (nSPS) is 13.8. The Hall–Kier alpha value is -1.57. The van der Waals surface area contributed by atoms with E-state index in [1.165, 1.54) is 6.20 Å². The van der Waals surface area contributed by atoms with Crippen LogP contribution in [-0.2, 0) is 10.0 Å². The zero-order chi connectivity index (χ0) is 14.0. The summed E-state index contributed by atoms with van der Waals surface area (Å²) in [6, 6.07) is 4.98. The summed E-state index contributed by atoms with van der Waals surface area (Å²) in [5, 5.41) is 9.99. The van der Waals surface area contributed by atoms with Crippen LogP contribution in [0.4, 0.5) is 5.69 Å². The number of nitrogen functional groups attached to an aromatic ring is 1. The second kappa shape index (κ2) is 5.20. The third-order valence-corrected chi connectivity index (χ3v) is 4.40. The highest BCUT2D eigenvalue weighted by Gasteiger charge is 2.19. The fourth-order valence-electron chi connectivity index (χ4n) is 1.77. The number of hydrogen-bond donors (Lipinski definition) is 4. The molecule has 1 unspecified atom stereocenters. The first-order valence-corrected chi connectivity index (χ1v) is 7.46. The van der Waals surface area contributed by atoms with Gasteiger partial charge in [-0.2, -0.15) is 0 Å². The van der Waals surface area contributed by atoms with E-state index < -0.39 is 16.1 Å². The maximum atomic E-state index is 12.1. The smallest absolute Gasteiger partial charge is 0.242 e. The summed E-state index contributed by atoms with van der Waals surface area (Å²) in [6.45, 7) is 1.79. The Morgan fingerprint density at radius 2 is 2.21 bits per heavy atom.